The van der Waals surface area contributed by atoms with Crippen molar-refractivity contribution < 1.29 is 4.79 Å². The van der Waals surface area contributed by atoms with Gasteiger partial charge in [0.2, 0.25) is 5.91 Å². The van der Waals surface area contributed by atoms with Gasteiger partial charge in [-0.2, -0.15) is 5.26 Å². The molecule has 4 rings (SSSR count). The van der Waals surface area contributed by atoms with Gasteiger partial charge < -0.3 is 15.1 Å². The molecule has 0 spiro atoms. The summed E-state index contributed by atoms with van der Waals surface area (Å²) in [6.07, 6.45) is 5.86. The quantitative estimate of drug-likeness (QED) is 0.774. The van der Waals surface area contributed by atoms with Crippen LogP contribution in [0.2, 0.25) is 0 Å². The molecular formula is C22H30N8O. The normalized spacial score (nSPS) is 24.0. The molecule has 2 aliphatic rings. The molecule has 2 aromatic rings. The van der Waals surface area contributed by atoms with Gasteiger partial charge in [-0.3, -0.25) is 14.7 Å². The Morgan fingerprint density at radius 3 is 2.58 bits per heavy atom. The molecule has 4 heterocycles. The number of hydrogen-bond acceptors (Lipinski definition) is 8. The van der Waals surface area contributed by atoms with Gasteiger partial charge in [-0.1, -0.05) is 6.92 Å². The number of rotatable bonds is 4. The molecule has 9 heteroatoms. The zero-order chi connectivity index (χ0) is 22.0. The molecule has 0 aliphatic carbocycles. The van der Waals surface area contributed by atoms with E-state index in [9.17, 15) is 10.1 Å². The van der Waals surface area contributed by atoms with Gasteiger partial charge >= 0.3 is 0 Å². The van der Waals surface area contributed by atoms with Crippen molar-refractivity contribution in [3.05, 3.63) is 24.3 Å². The number of amides is 1. The Bertz CT molecular complexity index is 981. The number of nitrogens with zero attached hydrogens (tertiary/aromatic N) is 7. The number of hydrogen-bond donors (Lipinski definition) is 1. The first-order chi connectivity index (χ1) is 15.0. The molecule has 0 bridgehead atoms. The van der Waals surface area contributed by atoms with E-state index in [0.717, 1.165) is 44.8 Å². The van der Waals surface area contributed by atoms with E-state index in [1.807, 2.05) is 6.92 Å². The van der Waals surface area contributed by atoms with Crippen LogP contribution < -0.4 is 10.2 Å². The van der Waals surface area contributed by atoms with Crippen LogP contribution in [0.4, 0.5) is 5.69 Å². The third kappa shape index (κ3) is 4.60. The number of pyridine rings is 1. The smallest absolute Gasteiger partial charge is 0.237 e. The summed E-state index contributed by atoms with van der Waals surface area (Å²) in [4.78, 5) is 32.8. The van der Waals surface area contributed by atoms with Gasteiger partial charge in [-0.05, 0) is 26.3 Å². The Labute approximate surface area is 183 Å². The Balaban J connectivity index is 1.48. The summed E-state index contributed by atoms with van der Waals surface area (Å²) in [5.74, 6) is 0.492. The summed E-state index contributed by atoms with van der Waals surface area (Å²) in [7, 11) is 2.12. The number of carbonyl (C=O) groups excluding carboxylic acids is 1. The lowest BCUT2D eigenvalue weighted by atomic mass is 9.95. The topological polar surface area (TPSA) is 101 Å². The maximum atomic E-state index is 13.0. The Kier molecular flexibility index (Phi) is 6.30. The second kappa shape index (κ2) is 9.12. The molecular weight excluding hydrogens is 392 g/mol. The Morgan fingerprint density at radius 1 is 1.16 bits per heavy atom. The van der Waals surface area contributed by atoms with Crippen LogP contribution in [0, 0.1) is 17.2 Å². The van der Waals surface area contributed by atoms with E-state index in [2.05, 4.69) is 55.0 Å². The minimum absolute atomic E-state index is 0.0496. The fraction of sp³-hybridized carbons (Fsp3) is 0.591. The van der Waals surface area contributed by atoms with Crippen LogP contribution in [0.15, 0.2) is 18.6 Å². The van der Waals surface area contributed by atoms with E-state index in [1.54, 1.807) is 18.6 Å². The number of piperazine rings is 1. The number of carbonyl (C=O) groups is 1. The maximum Gasteiger partial charge on any atom is 0.237 e. The monoisotopic (exact) mass is 422 g/mol. The molecule has 2 aromatic heterocycles. The van der Waals surface area contributed by atoms with Gasteiger partial charge in [0.05, 0.1) is 17.9 Å². The highest BCUT2D eigenvalue weighted by molar-refractivity contribution is 5.90. The molecule has 31 heavy (non-hydrogen) atoms. The van der Waals surface area contributed by atoms with Gasteiger partial charge in [0.25, 0.3) is 0 Å². The molecule has 164 valence electrons. The fourth-order valence-electron chi connectivity index (χ4n) is 4.61. The first-order valence-corrected chi connectivity index (χ1v) is 10.9. The zero-order valence-corrected chi connectivity index (χ0v) is 18.5. The van der Waals surface area contributed by atoms with Crippen molar-refractivity contribution in [3.8, 4) is 6.07 Å². The zero-order valence-electron chi connectivity index (χ0n) is 18.5. The van der Waals surface area contributed by atoms with Crippen molar-refractivity contribution >= 4 is 22.6 Å². The van der Waals surface area contributed by atoms with Crippen molar-refractivity contribution in [1.82, 2.24) is 30.1 Å². The minimum Gasteiger partial charge on any atom is -0.366 e. The lowest BCUT2D eigenvalue weighted by molar-refractivity contribution is -0.127. The lowest BCUT2D eigenvalue weighted by Gasteiger charge is -2.40. The summed E-state index contributed by atoms with van der Waals surface area (Å²) in [6, 6.07) is 2.01. The predicted octanol–water partition coefficient (Wildman–Crippen LogP) is 0.863. The SMILES string of the molecule is CC(C(=O)N[C@@H]1C[C@H](C)CN(c2cnc(C#N)c3nccnc23)C1)N1CCN(C)CC1. The molecule has 1 N–H and O–H groups in total. The third-order valence-corrected chi connectivity index (χ3v) is 6.40. The molecule has 0 saturated carbocycles. The van der Waals surface area contributed by atoms with E-state index >= 15 is 0 Å². The van der Waals surface area contributed by atoms with Crippen molar-refractivity contribution in [2.45, 2.75) is 32.4 Å². The van der Waals surface area contributed by atoms with Crippen molar-refractivity contribution in [2.75, 3.05) is 51.2 Å². The highest BCUT2D eigenvalue weighted by Crippen LogP contribution is 2.29. The third-order valence-electron chi connectivity index (χ3n) is 6.40. The van der Waals surface area contributed by atoms with Gasteiger partial charge in [0, 0.05) is 57.7 Å². The van der Waals surface area contributed by atoms with Gasteiger partial charge in [0.1, 0.15) is 17.1 Å². The van der Waals surface area contributed by atoms with Crippen LogP contribution in [0.5, 0.6) is 0 Å². The van der Waals surface area contributed by atoms with Gasteiger partial charge in [-0.15, -0.1) is 0 Å². The number of aromatic nitrogens is 3. The highest BCUT2D eigenvalue weighted by Gasteiger charge is 2.31. The molecule has 9 nitrogen and oxygen atoms in total. The fourth-order valence-corrected chi connectivity index (χ4v) is 4.61. The van der Waals surface area contributed by atoms with Crippen LogP contribution in [-0.4, -0.2) is 89.1 Å². The maximum absolute atomic E-state index is 13.0. The van der Waals surface area contributed by atoms with Gasteiger partial charge in [0.15, 0.2) is 5.69 Å². The largest absolute Gasteiger partial charge is 0.366 e. The van der Waals surface area contributed by atoms with Crippen LogP contribution in [0.25, 0.3) is 11.0 Å². The first kappa shape index (κ1) is 21.4. The number of nitriles is 1. The molecule has 3 atom stereocenters. The average molecular weight is 423 g/mol. The number of likely N-dealkylation sites (N-methyl/N-ethyl adjacent to an activating group) is 1. The molecule has 0 aromatic carbocycles. The van der Waals surface area contributed by atoms with Crippen LogP contribution >= 0.6 is 0 Å². The second-order valence-corrected chi connectivity index (χ2v) is 8.82. The first-order valence-electron chi connectivity index (χ1n) is 10.9. The van der Waals surface area contributed by atoms with Crippen molar-refractivity contribution in [3.63, 3.8) is 0 Å². The standard InChI is InChI=1S/C22H30N8O/c1-15-10-17(27-22(31)16(2)29-8-6-28(3)7-9-29)14-30(13-15)19-12-26-18(11-23)20-21(19)25-5-4-24-20/h4-5,12,15-17H,6-10,13-14H2,1-3H3,(H,27,31)/t15-,16?,17+/m0/s1. The second-order valence-electron chi connectivity index (χ2n) is 8.82. The van der Waals surface area contributed by atoms with Crippen LogP contribution in [0.1, 0.15) is 26.0 Å². The summed E-state index contributed by atoms with van der Waals surface area (Å²) in [6.45, 7) is 9.54. The number of fused-ring (bicyclic) bond motifs is 1. The average Bonchev–Trinajstić information content (AvgIpc) is 2.78. The van der Waals surface area contributed by atoms with Gasteiger partial charge in [-0.25, -0.2) is 9.97 Å². The summed E-state index contributed by atoms with van der Waals surface area (Å²) in [5.41, 5.74) is 2.34. The molecule has 2 aliphatic heterocycles. The van der Waals surface area contributed by atoms with E-state index in [4.69, 9.17) is 0 Å². The summed E-state index contributed by atoms with van der Waals surface area (Å²) >= 11 is 0. The minimum atomic E-state index is -0.136. The summed E-state index contributed by atoms with van der Waals surface area (Å²) < 4.78 is 0. The van der Waals surface area contributed by atoms with E-state index in [-0.39, 0.29) is 23.7 Å². The highest BCUT2D eigenvalue weighted by atomic mass is 16.2. The number of piperidine rings is 1. The number of anilines is 1. The number of nitrogens with one attached hydrogen (secondary N) is 1. The molecule has 2 saturated heterocycles. The van der Waals surface area contributed by atoms with Crippen molar-refractivity contribution in [2.24, 2.45) is 5.92 Å². The van der Waals surface area contributed by atoms with Crippen LogP contribution in [0.3, 0.4) is 0 Å². The molecule has 1 unspecified atom stereocenters. The molecule has 0 radical (unpaired) electrons. The van der Waals surface area contributed by atoms with E-state index in [0.29, 0.717) is 23.5 Å². The van der Waals surface area contributed by atoms with E-state index in [1.165, 1.54) is 0 Å². The summed E-state index contributed by atoms with van der Waals surface area (Å²) in [5, 5.41) is 12.6. The van der Waals surface area contributed by atoms with E-state index < -0.39 is 0 Å². The predicted molar refractivity (Wildman–Crippen MR) is 119 cm³/mol. The Morgan fingerprint density at radius 2 is 1.87 bits per heavy atom. The molecule has 1 amide bonds. The molecule has 2 fully saturated rings. The van der Waals surface area contributed by atoms with Crippen LogP contribution in [-0.2, 0) is 4.79 Å². The Hall–Kier alpha value is -2.83. The lowest BCUT2D eigenvalue weighted by Crippen LogP contribution is -2.57. The van der Waals surface area contributed by atoms with Crippen molar-refractivity contribution in [1.29, 1.82) is 5.26 Å².